The number of rotatable bonds is 4. The summed E-state index contributed by atoms with van der Waals surface area (Å²) in [6.45, 7) is 2.45. The number of nitrogens with two attached hydrogens (primary N) is 1. The van der Waals surface area contributed by atoms with Crippen molar-refractivity contribution in [2.75, 3.05) is 12.3 Å². The first-order chi connectivity index (χ1) is 9.11. The van der Waals surface area contributed by atoms with Gasteiger partial charge in [-0.1, -0.05) is 18.5 Å². The Labute approximate surface area is 123 Å². The molecule has 0 spiro atoms. The van der Waals surface area contributed by atoms with E-state index < -0.39 is 0 Å². The van der Waals surface area contributed by atoms with Gasteiger partial charge in [0.2, 0.25) is 5.91 Å². The Kier molecular flexibility index (Phi) is 5.13. The average Bonchev–Trinajstić information content (AvgIpc) is 2.39. The molecule has 3 nitrogen and oxygen atoms in total. The smallest absolute Gasteiger partial charge is 0.223 e. The maximum Gasteiger partial charge on any atom is 0.223 e. The lowest BCUT2D eigenvalue weighted by molar-refractivity contribution is -0.125. The molecule has 1 heterocycles. The number of hydrogen-bond donors (Lipinski definition) is 2. The van der Waals surface area contributed by atoms with Gasteiger partial charge >= 0.3 is 0 Å². The van der Waals surface area contributed by atoms with E-state index in [-0.39, 0.29) is 17.9 Å². The van der Waals surface area contributed by atoms with E-state index in [0.717, 1.165) is 29.2 Å². The number of thioether (sulfide) groups is 1. The number of halogens is 1. The predicted molar refractivity (Wildman–Crippen MR) is 80.5 cm³/mol. The first-order valence-corrected chi connectivity index (χ1v) is 7.91. The molecule has 2 atom stereocenters. The summed E-state index contributed by atoms with van der Waals surface area (Å²) in [5, 5.41) is 3.84. The monoisotopic (exact) mass is 298 g/mol. The number of fused-ring (bicyclic) bond motifs is 1. The van der Waals surface area contributed by atoms with E-state index in [1.807, 2.05) is 36.9 Å². The molecule has 104 valence electrons. The molecular weight excluding hydrogens is 280 g/mol. The minimum atomic E-state index is -0.0396. The molecule has 1 aliphatic heterocycles. The summed E-state index contributed by atoms with van der Waals surface area (Å²) in [6, 6.07) is 5.96. The highest BCUT2D eigenvalue weighted by molar-refractivity contribution is 7.99. The van der Waals surface area contributed by atoms with Gasteiger partial charge in [0.25, 0.3) is 0 Å². The van der Waals surface area contributed by atoms with Crippen molar-refractivity contribution in [3.8, 4) is 0 Å². The molecule has 1 aliphatic rings. The summed E-state index contributed by atoms with van der Waals surface area (Å²) in [4.78, 5) is 13.3. The third kappa shape index (κ3) is 3.65. The molecule has 0 aromatic heterocycles. The predicted octanol–water partition coefficient (Wildman–Crippen LogP) is 2.98. The molecule has 1 aromatic rings. The molecule has 1 amide bonds. The minimum absolute atomic E-state index is 0.0396. The lowest BCUT2D eigenvalue weighted by Crippen LogP contribution is -2.35. The quantitative estimate of drug-likeness (QED) is 0.898. The minimum Gasteiger partial charge on any atom is -0.349 e. The zero-order valence-corrected chi connectivity index (χ0v) is 12.6. The van der Waals surface area contributed by atoms with Gasteiger partial charge in [0.1, 0.15) is 0 Å². The van der Waals surface area contributed by atoms with Crippen molar-refractivity contribution < 1.29 is 4.79 Å². The highest BCUT2D eigenvalue weighted by Gasteiger charge is 2.24. The Morgan fingerprint density at radius 1 is 1.63 bits per heavy atom. The fraction of sp³-hybridized carbons (Fsp3) is 0.500. The van der Waals surface area contributed by atoms with Crippen LogP contribution < -0.4 is 11.1 Å². The Balaban J connectivity index is 2.11. The van der Waals surface area contributed by atoms with E-state index in [0.29, 0.717) is 6.54 Å². The summed E-state index contributed by atoms with van der Waals surface area (Å²) in [5.41, 5.74) is 6.63. The van der Waals surface area contributed by atoms with Gasteiger partial charge in [-0.05, 0) is 43.1 Å². The van der Waals surface area contributed by atoms with Crippen molar-refractivity contribution in [3.05, 3.63) is 28.8 Å². The van der Waals surface area contributed by atoms with Crippen LogP contribution in [0.4, 0.5) is 0 Å². The number of benzene rings is 1. The van der Waals surface area contributed by atoms with Crippen LogP contribution in [-0.2, 0) is 4.79 Å². The molecule has 3 N–H and O–H groups in total. The van der Waals surface area contributed by atoms with E-state index in [1.54, 1.807) is 0 Å². The number of nitrogens with one attached hydrogen (secondary N) is 1. The van der Waals surface area contributed by atoms with Crippen molar-refractivity contribution >= 4 is 29.3 Å². The summed E-state index contributed by atoms with van der Waals surface area (Å²) >= 11 is 7.87. The van der Waals surface area contributed by atoms with Crippen molar-refractivity contribution in [3.63, 3.8) is 0 Å². The zero-order valence-electron chi connectivity index (χ0n) is 11.0. The lowest BCUT2D eigenvalue weighted by atomic mass is 10.0. The van der Waals surface area contributed by atoms with E-state index in [1.165, 1.54) is 4.90 Å². The molecule has 0 bridgehead atoms. The normalized spacial score (nSPS) is 19.6. The molecule has 0 saturated carbocycles. The van der Waals surface area contributed by atoms with Crippen molar-refractivity contribution in [1.82, 2.24) is 5.32 Å². The Morgan fingerprint density at radius 3 is 3.16 bits per heavy atom. The van der Waals surface area contributed by atoms with Crippen LogP contribution in [0.15, 0.2) is 23.1 Å². The van der Waals surface area contributed by atoms with Crippen LogP contribution in [-0.4, -0.2) is 18.2 Å². The second-order valence-electron chi connectivity index (χ2n) is 4.86. The van der Waals surface area contributed by atoms with Gasteiger partial charge in [0.15, 0.2) is 0 Å². The van der Waals surface area contributed by atoms with Crippen molar-refractivity contribution in [2.45, 2.75) is 30.7 Å². The lowest BCUT2D eigenvalue weighted by Gasteiger charge is -2.27. The van der Waals surface area contributed by atoms with E-state index in [4.69, 9.17) is 17.3 Å². The van der Waals surface area contributed by atoms with E-state index in [9.17, 15) is 4.79 Å². The summed E-state index contributed by atoms with van der Waals surface area (Å²) in [5.74, 6) is 1.06. The molecule has 1 aromatic carbocycles. The Bertz CT molecular complexity index is 467. The van der Waals surface area contributed by atoms with Gasteiger partial charge < -0.3 is 11.1 Å². The number of hydrogen-bond acceptors (Lipinski definition) is 3. The topological polar surface area (TPSA) is 55.1 Å². The molecular formula is C14H19ClN2OS. The number of carbonyl (C=O) groups is 1. The maximum atomic E-state index is 12.1. The highest BCUT2D eigenvalue weighted by Crippen LogP contribution is 2.37. The first-order valence-electron chi connectivity index (χ1n) is 6.54. The van der Waals surface area contributed by atoms with Gasteiger partial charge in [-0.25, -0.2) is 0 Å². The van der Waals surface area contributed by atoms with Gasteiger partial charge in [-0.15, -0.1) is 11.8 Å². The maximum absolute atomic E-state index is 12.1. The summed E-state index contributed by atoms with van der Waals surface area (Å²) < 4.78 is 0. The summed E-state index contributed by atoms with van der Waals surface area (Å²) in [7, 11) is 0. The van der Waals surface area contributed by atoms with E-state index >= 15 is 0 Å². The fourth-order valence-corrected chi connectivity index (χ4v) is 3.50. The highest BCUT2D eigenvalue weighted by atomic mass is 35.5. The first kappa shape index (κ1) is 14.7. The van der Waals surface area contributed by atoms with Crippen LogP contribution in [0.25, 0.3) is 0 Å². The molecule has 2 unspecified atom stereocenters. The molecule has 19 heavy (non-hydrogen) atoms. The number of carbonyl (C=O) groups excluding carboxylic acids is 1. The van der Waals surface area contributed by atoms with Gasteiger partial charge in [0, 0.05) is 21.6 Å². The van der Waals surface area contributed by atoms with Gasteiger partial charge in [-0.3, -0.25) is 4.79 Å². The zero-order chi connectivity index (χ0) is 13.8. The van der Waals surface area contributed by atoms with Crippen LogP contribution in [0, 0.1) is 5.92 Å². The van der Waals surface area contributed by atoms with Crippen molar-refractivity contribution in [1.29, 1.82) is 0 Å². The SMILES string of the molecule is CC(CCN)C(=O)NC1CCSc2ccc(Cl)cc21. The third-order valence-corrected chi connectivity index (χ3v) is 4.73. The molecule has 0 saturated heterocycles. The van der Waals surface area contributed by atoms with Crippen LogP contribution in [0.2, 0.25) is 5.02 Å². The Hall–Kier alpha value is -0.710. The number of amides is 1. The van der Waals surface area contributed by atoms with Gasteiger partial charge in [-0.2, -0.15) is 0 Å². The second kappa shape index (κ2) is 6.64. The Morgan fingerprint density at radius 2 is 2.42 bits per heavy atom. The second-order valence-corrected chi connectivity index (χ2v) is 6.43. The molecule has 5 heteroatoms. The van der Waals surface area contributed by atoms with E-state index in [2.05, 4.69) is 5.32 Å². The molecule has 0 aliphatic carbocycles. The van der Waals surface area contributed by atoms with Crippen LogP contribution >= 0.6 is 23.4 Å². The van der Waals surface area contributed by atoms with Crippen LogP contribution in [0.1, 0.15) is 31.4 Å². The standard InChI is InChI=1S/C14H19ClN2OS/c1-9(4-6-16)14(18)17-12-5-7-19-13-3-2-10(15)8-11(12)13/h2-3,8-9,12H,4-7,16H2,1H3,(H,17,18). The summed E-state index contributed by atoms with van der Waals surface area (Å²) in [6.07, 6.45) is 1.66. The van der Waals surface area contributed by atoms with Crippen molar-refractivity contribution in [2.24, 2.45) is 11.7 Å². The average molecular weight is 299 g/mol. The van der Waals surface area contributed by atoms with Gasteiger partial charge in [0.05, 0.1) is 6.04 Å². The largest absolute Gasteiger partial charge is 0.349 e. The fourth-order valence-electron chi connectivity index (χ4n) is 2.21. The molecule has 2 rings (SSSR count). The van der Waals surface area contributed by atoms with Crippen LogP contribution in [0.3, 0.4) is 0 Å². The molecule has 0 fully saturated rings. The third-order valence-electron chi connectivity index (χ3n) is 3.38. The molecule has 0 radical (unpaired) electrons. The van der Waals surface area contributed by atoms with Crippen LogP contribution in [0.5, 0.6) is 0 Å².